The highest BCUT2D eigenvalue weighted by Crippen LogP contribution is 2.31. The lowest BCUT2D eigenvalue weighted by atomic mass is 10.2. The molecule has 1 aliphatic rings. The Morgan fingerprint density at radius 2 is 2.11 bits per heavy atom. The summed E-state index contributed by atoms with van der Waals surface area (Å²) in [7, 11) is 0. The highest BCUT2D eigenvalue weighted by Gasteiger charge is 2.25. The highest BCUT2D eigenvalue weighted by molar-refractivity contribution is 7.22. The summed E-state index contributed by atoms with van der Waals surface area (Å²) in [6.07, 6.45) is 0. The van der Waals surface area contributed by atoms with E-state index in [1.54, 1.807) is 17.9 Å². The molecule has 0 bridgehead atoms. The van der Waals surface area contributed by atoms with Crippen molar-refractivity contribution in [3.63, 3.8) is 0 Å². The third-order valence-corrected chi connectivity index (χ3v) is 5.71. The number of amides is 1. The number of ether oxygens (including phenoxy) is 1. The number of para-hydroxylation sites is 1. The van der Waals surface area contributed by atoms with Crippen molar-refractivity contribution < 1.29 is 14.1 Å². The molecule has 3 heterocycles. The smallest absolute Gasteiger partial charge is 0.298 e. The van der Waals surface area contributed by atoms with Crippen LogP contribution in [-0.2, 0) is 4.74 Å². The van der Waals surface area contributed by atoms with Crippen molar-refractivity contribution in [2.24, 2.45) is 0 Å². The quantitative estimate of drug-likeness (QED) is 0.671. The molecule has 0 unspecified atom stereocenters. The van der Waals surface area contributed by atoms with Crippen molar-refractivity contribution >= 4 is 32.6 Å². The average molecular weight is 386 g/mol. The maximum atomic E-state index is 13.1. The Hall–Kier alpha value is -2.29. The molecule has 3 aromatic rings. The Kier molecular flexibility index (Phi) is 5.20. The lowest BCUT2D eigenvalue weighted by Gasteiger charge is -2.28. The fourth-order valence-electron chi connectivity index (χ4n) is 3.14. The van der Waals surface area contributed by atoms with E-state index in [2.05, 4.69) is 10.1 Å². The highest BCUT2D eigenvalue weighted by atomic mass is 32.1. The second kappa shape index (κ2) is 7.75. The first-order valence-electron chi connectivity index (χ1n) is 9.03. The van der Waals surface area contributed by atoms with Crippen LogP contribution in [0.2, 0.25) is 0 Å². The van der Waals surface area contributed by atoms with Crippen LogP contribution in [0.15, 0.2) is 28.8 Å². The standard InChI is InChI=1S/C19H22N4O3S/c1-13-4-3-5-16-17(13)20-19(27-16)23(7-6-22-8-10-25-11-9-22)18(24)15-12-14(2)21-26-15/h3-5,12H,6-11H2,1-2H3. The van der Waals surface area contributed by atoms with E-state index in [4.69, 9.17) is 14.2 Å². The van der Waals surface area contributed by atoms with Crippen LogP contribution in [0.5, 0.6) is 0 Å². The number of hydrogen-bond donors (Lipinski definition) is 0. The average Bonchev–Trinajstić information content (AvgIpc) is 3.30. The van der Waals surface area contributed by atoms with E-state index in [0.717, 1.165) is 48.6 Å². The van der Waals surface area contributed by atoms with Crippen molar-refractivity contribution in [1.82, 2.24) is 15.0 Å². The SMILES string of the molecule is Cc1cc(C(=O)N(CCN2CCOCC2)c2nc3c(C)cccc3s2)on1. The lowest BCUT2D eigenvalue weighted by Crippen LogP contribution is -2.43. The predicted molar refractivity (Wildman–Crippen MR) is 105 cm³/mol. The molecule has 7 nitrogen and oxygen atoms in total. The number of carbonyl (C=O) groups excluding carboxylic acids is 1. The van der Waals surface area contributed by atoms with Gasteiger partial charge in [0, 0.05) is 32.2 Å². The summed E-state index contributed by atoms with van der Waals surface area (Å²) in [6.45, 7) is 8.36. The summed E-state index contributed by atoms with van der Waals surface area (Å²) in [5, 5.41) is 4.54. The molecule has 142 valence electrons. The minimum Gasteiger partial charge on any atom is -0.379 e. The number of aromatic nitrogens is 2. The van der Waals surface area contributed by atoms with Crippen LogP contribution in [0.1, 0.15) is 21.8 Å². The van der Waals surface area contributed by atoms with Gasteiger partial charge in [-0.1, -0.05) is 28.6 Å². The zero-order valence-corrected chi connectivity index (χ0v) is 16.3. The van der Waals surface area contributed by atoms with Crippen molar-refractivity contribution in [2.75, 3.05) is 44.3 Å². The molecule has 0 atom stereocenters. The Bertz CT molecular complexity index is 945. The third-order valence-electron chi connectivity index (χ3n) is 4.67. The van der Waals surface area contributed by atoms with E-state index >= 15 is 0 Å². The molecule has 0 spiro atoms. The fourth-order valence-corrected chi connectivity index (χ4v) is 4.21. The molecule has 1 aromatic carbocycles. The first-order chi connectivity index (χ1) is 13.1. The molecule has 27 heavy (non-hydrogen) atoms. The number of benzene rings is 1. The summed E-state index contributed by atoms with van der Waals surface area (Å²) >= 11 is 1.52. The van der Waals surface area contributed by atoms with Gasteiger partial charge < -0.3 is 9.26 Å². The zero-order valence-electron chi connectivity index (χ0n) is 15.5. The van der Waals surface area contributed by atoms with Gasteiger partial charge in [0.15, 0.2) is 5.13 Å². The third kappa shape index (κ3) is 3.87. The number of fused-ring (bicyclic) bond motifs is 1. The Balaban J connectivity index is 1.63. The topological polar surface area (TPSA) is 71.7 Å². The number of nitrogens with zero attached hydrogens (tertiary/aromatic N) is 4. The molecule has 8 heteroatoms. The van der Waals surface area contributed by atoms with Gasteiger partial charge in [0.05, 0.1) is 29.1 Å². The van der Waals surface area contributed by atoms with Crippen molar-refractivity contribution in [3.05, 3.63) is 41.3 Å². The molecule has 4 rings (SSSR count). The second-order valence-electron chi connectivity index (χ2n) is 6.66. The van der Waals surface area contributed by atoms with Crippen molar-refractivity contribution in [1.29, 1.82) is 0 Å². The molecular weight excluding hydrogens is 364 g/mol. The maximum absolute atomic E-state index is 13.1. The molecule has 1 amide bonds. The first kappa shape index (κ1) is 18.1. The van der Waals surface area contributed by atoms with E-state index in [1.165, 1.54) is 11.3 Å². The van der Waals surface area contributed by atoms with E-state index in [9.17, 15) is 4.79 Å². The van der Waals surface area contributed by atoms with Gasteiger partial charge >= 0.3 is 0 Å². The van der Waals surface area contributed by atoms with E-state index in [1.807, 2.05) is 25.1 Å². The summed E-state index contributed by atoms with van der Waals surface area (Å²) in [6, 6.07) is 7.75. The lowest BCUT2D eigenvalue weighted by molar-refractivity contribution is 0.0390. The van der Waals surface area contributed by atoms with Gasteiger partial charge in [-0.25, -0.2) is 4.98 Å². The fraction of sp³-hybridized carbons (Fsp3) is 0.421. The largest absolute Gasteiger partial charge is 0.379 e. The number of carbonyl (C=O) groups is 1. The second-order valence-corrected chi connectivity index (χ2v) is 7.67. The maximum Gasteiger partial charge on any atom is 0.298 e. The first-order valence-corrected chi connectivity index (χ1v) is 9.85. The van der Waals surface area contributed by atoms with E-state index in [-0.39, 0.29) is 11.7 Å². The molecule has 0 aliphatic carbocycles. The molecule has 1 aliphatic heterocycles. The zero-order chi connectivity index (χ0) is 18.8. The number of rotatable bonds is 5. The van der Waals surface area contributed by atoms with E-state index in [0.29, 0.717) is 17.4 Å². The molecule has 0 N–H and O–H groups in total. The number of morpholine rings is 1. The molecule has 1 fully saturated rings. The molecule has 0 radical (unpaired) electrons. The number of thiazole rings is 1. The van der Waals surface area contributed by atoms with Crippen molar-refractivity contribution in [2.45, 2.75) is 13.8 Å². The summed E-state index contributed by atoms with van der Waals surface area (Å²) in [5.41, 5.74) is 2.73. The van der Waals surface area contributed by atoms with Gasteiger partial charge in [0.2, 0.25) is 5.76 Å². The van der Waals surface area contributed by atoms with Crippen LogP contribution in [0.4, 0.5) is 5.13 Å². The summed E-state index contributed by atoms with van der Waals surface area (Å²) in [5.74, 6) is 0.0334. The molecular formula is C19H22N4O3S. The number of hydrogen-bond acceptors (Lipinski definition) is 7. The Morgan fingerprint density at radius 1 is 1.30 bits per heavy atom. The van der Waals surface area contributed by atoms with Gasteiger partial charge in [-0.05, 0) is 25.5 Å². The van der Waals surface area contributed by atoms with Gasteiger partial charge in [0.1, 0.15) is 0 Å². The Labute approximate surface area is 161 Å². The van der Waals surface area contributed by atoms with Crippen LogP contribution >= 0.6 is 11.3 Å². The molecule has 1 saturated heterocycles. The Morgan fingerprint density at radius 3 is 2.81 bits per heavy atom. The summed E-state index contributed by atoms with van der Waals surface area (Å²) in [4.78, 5) is 21.9. The molecule has 0 saturated carbocycles. The predicted octanol–water partition coefficient (Wildman–Crippen LogP) is 2.88. The van der Waals surface area contributed by atoms with Crippen LogP contribution in [0, 0.1) is 13.8 Å². The minimum atomic E-state index is -0.208. The van der Waals surface area contributed by atoms with Crippen LogP contribution < -0.4 is 4.90 Å². The van der Waals surface area contributed by atoms with Gasteiger partial charge in [-0.15, -0.1) is 0 Å². The van der Waals surface area contributed by atoms with Crippen molar-refractivity contribution in [3.8, 4) is 0 Å². The van der Waals surface area contributed by atoms with Gasteiger partial charge in [0.25, 0.3) is 5.91 Å². The number of anilines is 1. The van der Waals surface area contributed by atoms with Crippen LogP contribution in [0.25, 0.3) is 10.2 Å². The van der Waals surface area contributed by atoms with Crippen LogP contribution in [0.3, 0.4) is 0 Å². The monoisotopic (exact) mass is 386 g/mol. The molecule has 2 aromatic heterocycles. The summed E-state index contributed by atoms with van der Waals surface area (Å²) < 4.78 is 11.7. The number of aryl methyl sites for hydroxylation is 2. The van der Waals surface area contributed by atoms with E-state index < -0.39 is 0 Å². The normalized spacial score (nSPS) is 15.3. The van der Waals surface area contributed by atoms with Gasteiger partial charge in [-0.3, -0.25) is 14.6 Å². The van der Waals surface area contributed by atoms with Gasteiger partial charge in [-0.2, -0.15) is 0 Å². The van der Waals surface area contributed by atoms with Crippen LogP contribution in [-0.4, -0.2) is 60.3 Å². The minimum absolute atomic E-state index is 0.208.